The number of benzene rings is 1. The van der Waals surface area contributed by atoms with Crippen molar-refractivity contribution >= 4 is 28.9 Å². The zero-order valence-corrected chi connectivity index (χ0v) is 15.2. The number of rotatable bonds is 4. The second-order valence-electron chi connectivity index (χ2n) is 6.06. The Morgan fingerprint density at radius 1 is 1.20 bits per heavy atom. The molecular weight excluding hydrogens is 340 g/mol. The number of aliphatic imine (C=N–C) groups is 1. The topological polar surface area (TPSA) is 80.2 Å². The number of nitrogens with zero attached hydrogens (tertiary/aromatic N) is 1. The minimum atomic E-state index is -0.162. The summed E-state index contributed by atoms with van der Waals surface area (Å²) in [6, 6.07) is 3.63. The molecule has 0 unspecified atom stereocenters. The number of aromatic hydroxyl groups is 1. The van der Waals surface area contributed by atoms with Crippen molar-refractivity contribution in [2.45, 2.75) is 38.1 Å². The number of carbonyl (C=O) groups is 1. The van der Waals surface area contributed by atoms with E-state index in [0.717, 1.165) is 12.8 Å². The van der Waals surface area contributed by atoms with Gasteiger partial charge in [0.25, 0.3) is 5.91 Å². The first-order chi connectivity index (χ1) is 12.1. The van der Waals surface area contributed by atoms with Crippen molar-refractivity contribution in [1.82, 2.24) is 5.32 Å². The summed E-state index contributed by atoms with van der Waals surface area (Å²) in [6.07, 6.45) is 7.60. The first-order valence-electron chi connectivity index (χ1n) is 8.34. The molecule has 1 aliphatic heterocycles. The van der Waals surface area contributed by atoms with Crippen LogP contribution in [0.3, 0.4) is 0 Å². The highest BCUT2D eigenvalue weighted by Gasteiger charge is 2.25. The van der Waals surface area contributed by atoms with E-state index < -0.39 is 0 Å². The van der Waals surface area contributed by atoms with Crippen LogP contribution in [-0.2, 0) is 4.79 Å². The fraction of sp³-hybridized carbons (Fsp3) is 0.444. The number of methoxy groups -OCH3 is 2. The van der Waals surface area contributed by atoms with E-state index >= 15 is 0 Å². The molecule has 7 heteroatoms. The van der Waals surface area contributed by atoms with Crippen molar-refractivity contribution in [2.75, 3.05) is 14.2 Å². The van der Waals surface area contributed by atoms with Gasteiger partial charge in [0.2, 0.25) is 5.75 Å². The summed E-state index contributed by atoms with van der Waals surface area (Å²) in [7, 11) is 2.94. The summed E-state index contributed by atoms with van der Waals surface area (Å²) in [5.41, 5.74) is 0.711. The van der Waals surface area contributed by atoms with Gasteiger partial charge < -0.3 is 19.9 Å². The lowest BCUT2D eigenvalue weighted by atomic mass is 9.96. The van der Waals surface area contributed by atoms with Gasteiger partial charge in [-0.2, -0.15) is 0 Å². The van der Waals surface area contributed by atoms with E-state index in [0.29, 0.717) is 33.2 Å². The summed E-state index contributed by atoms with van der Waals surface area (Å²) in [5.74, 6) is 0.372. The number of phenolic OH excluding ortho intramolecular Hbond substituents is 1. The molecule has 1 saturated carbocycles. The van der Waals surface area contributed by atoms with E-state index in [1.165, 1.54) is 45.2 Å². The van der Waals surface area contributed by atoms with Crippen molar-refractivity contribution < 1.29 is 19.4 Å². The van der Waals surface area contributed by atoms with Crippen LogP contribution in [0.2, 0.25) is 0 Å². The molecule has 1 heterocycles. The fourth-order valence-electron chi connectivity index (χ4n) is 3.01. The van der Waals surface area contributed by atoms with Crippen molar-refractivity contribution in [2.24, 2.45) is 4.99 Å². The highest BCUT2D eigenvalue weighted by Crippen LogP contribution is 2.38. The van der Waals surface area contributed by atoms with Crippen molar-refractivity contribution in [3.05, 3.63) is 22.6 Å². The van der Waals surface area contributed by atoms with Gasteiger partial charge in [-0.15, -0.1) is 0 Å². The zero-order chi connectivity index (χ0) is 17.8. The lowest BCUT2D eigenvalue weighted by Gasteiger charge is -2.17. The van der Waals surface area contributed by atoms with Crippen LogP contribution >= 0.6 is 11.8 Å². The van der Waals surface area contributed by atoms with E-state index in [1.807, 2.05) is 0 Å². The average Bonchev–Trinajstić information content (AvgIpc) is 2.96. The summed E-state index contributed by atoms with van der Waals surface area (Å²) >= 11 is 1.34. The van der Waals surface area contributed by atoms with Crippen LogP contribution in [0.1, 0.15) is 37.7 Å². The summed E-state index contributed by atoms with van der Waals surface area (Å²) in [6.45, 7) is 0. The molecule has 2 aliphatic rings. The van der Waals surface area contributed by atoms with E-state index in [4.69, 9.17) is 9.47 Å². The predicted octanol–water partition coefficient (Wildman–Crippen LogP) is 3.30. The molecule has 0 radical (unpaired) electrons. The first-order valence-corrected chi connectivity index (χ1v) is 9.16. The predicted molar refractivity (Wildman–Crippen MR) is 99.2 cm³/mol. The Hall–Kier alpha value is -2.15. The SMILES string of the molecule is COc1cc(/C=C2\SC(=NC3CCCCC3)NC2=O)cc(OC)c1O. The standard InChI is InChI=1S/C18H22N2O4S/c1-23-13-8-11(9-14(24-2)16(13)21)10-15-17(22)20-18(25-15)19-12-6-4-3-5-7-12/h8-10,12,21H,3-7H2,1-2H3,(H,19,20,22)/b15-10-. The Morgan fingerprint density at radius 2 is 1.84 bits per heavy atom. The van der Waals surface area contributed by atoms with E-state index in [1.54, 1.807) is 18.2 Å². The molecule has 1 saturated heterocycles. The van der Waals surface area contributed by atoms with Gasteiger partial charge >= 0.3 is 0 Å². The Bertz CT molecular complexity index is 699. The molecule has 2 N–H and O–H groups in total. The van der Waals surface area contributed by atoms with Crippen LogP contribution in [0, 0.1) is 0 Å². The molecule has 0 bridgehead atoms. The minimum Gasteiger partial charge on any atom is -0.502 e. The second kappa shape index (κ2) is 7.82. The summed E-state index contributed by atoms with van der Waals surface area (Å²) in [4.78, 5) is 17.4. The minimum absolute atomic E-state index is 0.0600. The normalized spacial score (nSPS) is 21.6. The molecule has 134 valence electrons. The lowest BCUT2D eigenvalue weighted by Crippen LogP contribution is -2.22. The molecule has 0 aromatic heterocycles. The molecule has 25 heavy (non-hydrogen) atoms. The number of hydrogen-bond acceptors (Lipinski definition) is 6. The van der Waals surface area contributed by atoms with Gasteiger partial charge in [0.15, 0.2) is 16.7 Å². The van der Waals surface area contributed by atoms with Crippen molar-refractivity contribution in [1.29, 1.82) is 0 Å². The number of carbonyl (C=O) groups excluding carboxylic acids is 1. The average molecular weight is 362 g/mol. The molecule has 1 aromatic rings. The number of amidine groups is 1. The quantitative estimate of drug-likeness (QED) is 0.804. The van der Waals surface area contributed by atoms with Gasteiger partial charge in [-0.05, 0) is 48.4 Å². The lowest BCUT2D eigenvalue weighted by molar-refractivity contribution is -0.115. The number of ether oxygens (including phenoxy) is 2. The maximum atomic E-state index is 12.2. The smallest absolute Gasteiger partial charge is 0.264 e. The highest BCUT2D eigenvalue weighted by molar-refractivity contribution is 8.18. The Morgan fingerprint density at radius 3 is 2.44 bits per heavy atom. The molecule has 6 nitrogen and oxygen atoms in total. The number of thioether (sulfide) groups is 1. The third-order valence-electron chi connectivity index (χ3n) is 4.33. The number of amides is 1. The fourth-order valence-corrected chi connectivity index (χ4v) is 3.91. The van der Waals surface area contributed by atoms with E-state index in [2.05, 4.69) is 10.3 Å². The Balaban J connectivity index is 1.81. The number of nitrogens with one attached hydrogen (secondary N) is 1. The van der Waals surface area contributed by atoms with Crippen LogP contribution in [-0.4, -0.2) is 36.4 Å². The van der Waals surface area contributed by atoms with Crippen LogP contribution in [0.25, 0.3) is 6.08 Å². The van der Waals surface area contributed by atoms with Gasteiger partial charge in [-0.1, -0.05) is 19.3 Å². The second-order valence-corrected chi connectivity index (χ2v) is 7.10. The summed E-state index contributed by atoms with van der Waals surface area (Å²) < 4.78 is 10.3. The zero-order valence-electron chi connectivity index (χ0n) is 14.4. The third kappa shape index (κ3) is 4.10. The highest BCUT2D eigenvalue weighted by atomic mass is 32.2. The van der Waals surface area contributed by atoms with Gasteiger partial charge in [0.05, 0.1) is 25.2 Å². The summed E-state index contributed by atoms with van der Waals surface area (Å²) in [5, 5.41) is 13.5. The van der Waals surface area contributed by atoms with Crippen molar-refractivity contribution in [3.8, 4) is 17.2 Å². The molecular formula is C18H22N2O4S. The van der Waals surface area contributed by atoms with Gasteiger partial charge in [0.1, 0.15) is 0 Å². The molecule has 2 fully saturated rings. The van der Waals surface area contributed by atoms with Crippen molar-refractivity contribution in [3.63, 3.8) is 0 Å². The molecule has 1 amide bonds. The molecule has 0 atom stereocenters. The Kier molecular flexibility index (Phi) is 5.53. The van der Waals surface area contributed by atoms with Crippen LogP contribution in [0.4, 0.5) is 0 Å². The Labute approximate surface area is 151 Å². The van der Waals surface area contributed by atoms with Gasteiger partial charge in [0, 0.05) is 0 Å². The van der Waals surface area contributed by atoms with Crippen LogP contribution < -0.4 is 14.8 Å². The maximum absolute atomic E-state index is 12.2. The molecule has 1 aliphatic carbocycles. The largest absolute Gasteiger partial charge is 0.502 e. The van der Waals surface area contributed by atoms with E-state index in [9.17, 15) is 9.90 Å². The third-order valence-corrected chi connectivity index (χ3v) is 5.25. The number of phenols is 1. The van der Waals surface area contributed by atoms with Crippen LogP contribution in [0.15, 0.2) is 22.0 Å². The molecule has 0 spiro atoms. The molecule has 3 rings (SSSR count). The van der Waals surface area contributed by atoms with Gasteiger partial charge in [-0.3, -0.25) is 9.79 Å². The first kappa shape index (κ1) is 17.7. The van der Waals surface area contributed by atoms with Gasteiger partial charge in [-0.25, -0.2) is 0 Å². The van der Waals surface area contributed by atoms with E-state index in [-0.39, 0.29) is 11.7 Å². The van der Waals surface area contributed by atoms with Crippen LogP contribution in [0.5, 0.6) is 17.2 Å². The monoisotopic (exact) mass is 362 g/mol. The number of hydrogen-bond donors (Lipinski definition) is 2. The molecule has 1 aromatic carbocycles. The maximum Gasteiger partial charge on any atom is 0.264 e.